The first-order valence-corrected chi connectivity index (χ1v) is 4.19. The second-order valence-electron chi connectivity index (χ2n) is 3.05. The SMILES string of the molecule is C=C(COCC)C1CCC1O. The second-order valence-corrected chi connectivity index (χ2v) is 3.05. The summed E-state index contributed by atoms with van der Waals surface area (Å²) in [6, 6.07) is 0. The molecule has 11 heavy (non-hydrogen) atoms. The Balaban J connectivity index is 2.19. The van der Waals surface area contributed by atoms with E-state index < -0.39 is 0 Å². The predicted octanol–water partition coefficient (Wildman–Crippen LogP) is 1.35. The van der Waals surface area contributed by atoms with Crippen LogP contribution in [-0.2, 0) is 4.74 Å². The van der Waals surface area contributed by atoms with E-state index in [0.29, 0.717) is 12.5 Å². The molecule has 2 heteroatoms. The van der Waals surface area contributed by atoms with Gasteiger partial charge in [0.05, 0.1) is 12.7 Å². The first-order valence-electron chi connectivity index (χ1n) is 4.19. The summed E-state index contributed by atoms with van der Waals surface area (Å²) in [5.41, 5.74) is 1.05. The highest BCUT2D eigenvalue weighted by Gasteiger charge is 2.30. The van der Waals surface area contributed by atoms with E-state index in [1.54, 1.807) is 0 Å². The van der Waals surface area contributed by atoms with Crippen molar-refractivity contribution in [2.75, 3.05) is 13.2 Å². The van der Waals surface area contributed by atoms with Crippen LogP contribution in [0.5, 0.6) is 0 Å². The molecule has 0 aromatic heterocycles. The molecule has 2 unspecified atom stereocenters. The maximum atomic E-state index is 9.26. The van der Waals surface area contributed by atoms with Gasteiger partial charge >= 0.3 is 0 Å². The van der Waals surface area contributed by atoms with Gasteiger partial charge in [-0.1, -0.05) is 6.58 Å². The number of ether oxygens (including phenoxy) is 1. The minimum Gasteiger partial charge on any atom is -0.393 e. The molecule has 0 saturated heterocycles. The molecule has 0 bridgehead atoms. The van der Waals surface area contributed by atoms with Gasteiger partial charge in [-0.25, -0.2) is 0 Å². The van der Waals surface area contributed by atoms with Crippen LogP contribution in [0.3, 0.4) is 0 Å². The molecule has 1 fully saturated rings. The molecule has 0 spiro atoms. The Morgan fingerprint density at radius 1 is 1.64 bits per heavy atom. The van der Waals surface area contributed by atoms with E-state index >= 15 is 0 Å². The monoisotopic (exact) mass is 156 g/mol. The Morgan fingerprint density at radius 3 is 2.73 bits per heavy atom. The molecule has 0 heterocycles. The first kappa shape index (κ1) is 8.75. The molecule has 64 valence electrons. The summed E-state index contributed by atoms with van der Waals surface area (Å²) in [5.74, 6) is 0.307. The van der Waals surface area contributed by atoms with Gasteiger partial charge in [0.2, 0.25) is 0 Å². The fourth-order valence-electron chi connectivity index (χ4n) is 1.30. The van der Waals surface area contributed by atoms with Gasteiger partial charge in [0.15, 0.2) is 0 Å². The van der Waals surface area contributed by atoms with E-state index in [1.165, 1.54) is 0 Å². The van der Waals surface area contributed by atoms with Crippen molar-refractivity contribution >= 4 is 0 Å². The Kier molecular flexibility index (Phi) is 3.09. The number of rotatable bonds is 4. The maximum absolute atomic E-state index is 9.26. The highest BCUT2D eigenvalue weighted by Crippen LogP contribution is 2.32. The molecule has 1 aliphatic rings. The average molecular weight is 156 g/mol. The van der Waals surface area contributed by atoms with E-state index in [2.05, 4.69) is 6.58 Å². The lowest BCUT2D eigenvalue weighted by molar-refractivity contribution is 0.0337. The van der Waals surface area contributed by atoms with Crippen LogP contribution in [0.4, 0.5) is 0 Å². The van der Waals surface area contributed by atoms with Crippen LogP contribution in [0.1, 0.15) is 19.8 Å². The lowest BCUT2D eigenvalue weighted by Crippen LogP contribution is -2.33. The molecule has 2 nitrogen and oxygen atoms in total. The van der Waals surface area contributed by atoms with Crippen LogP contribution in [-0.4, -0.2) is 24.4 Å². The van der Waals surface area contributed by atoms with Gasteiger partial charge in [0.25, 0.3) is 0 Å². The van der Waals surface area contributed by atoms with Gasteiger partial charge in [0, 0.05) is 12.5 Å². The normalized spacial score (nSPS) is 29.6. The summed E-state index contributed by atoms with van der Waals surface area (Å²) in [4.78, 5) is 0. The zero-order valence-corrected chi connectivity index (χ0v) is 7.05. The van der Waals surface area contributed by atoms with Crippen LogP contribution in [0, 0.1) is 5.92 Å². The molecule has 2 atom stereocenters. The van der Waals surface area contributed by atoms with E-state index in [0.717, 1.165) is 25.0 Å². The van der Waals surface area contributed by atoms with Crippen LogP contribution in [0.25, 0.3) is 0 Å². The molecule has 0 amide bonds. The number of aliphatic hydroxyl groups excluding tert-OH is 1. The van der Waals surface area contributed by atoms with Crippen LogP contribution in [0.15, 0.2) is 12.2 Å². The number of hydrogen-bond acceptors (Lipinski definition) is 2. The lowest BCUT2D eigenvalue weighted by atomic mass is 9.77. The highest BCUT2D eigenvalue weighted by atomic mass is 16.5. The third kappa shape index (κ3) is 2.04. The third-order valence-electron chi connectivity index (χ3n) is 2.25. The van der Waals surface area contributed by atoms with Gasteiger partial charge in [-0.2, -0.15) is 0 Å². The van der Waals surface area contributed by atoms with E-state index in [-0.39, 0.29) is 6.10 Å². The van der Waals surface area contributed by atoms with Crippen molar-refractivity contribution in [2.45, 2.75) is 25.9 Å². The van der Waals surface area contributed by atoms with Crippen LogP contribution < -0.4 is 0 Å². The van der Waals surface area contributed by atoms with E-state index in [9.17, 15) is 5.11 Å². The lowest BCUT2D eigenvalue weighted by Gasteiger charge is -2.33. The molecule has 0 aromatic rings. The smallest absolute Gasteiger partial charge is 0.0677 e. The fraction of sp³-hybridized carbons (Fsp3) is 0.778. The number of hydrogen-bond donors (Lipinski definition) is 1. The molecule has 0 radical (unpaired) electrons. The summed E-state index contributed by atoms with van der Waals surface area (Å²) >= 11 is 0. The molecule has 0 aromatic carbocycles. The van der Waals surface area contributed by atoms with E-state index in [1.807, 2.05) is 6.92 Å². The van der Waals surface area contributed by atoms with Crippen molar-refractivity contribution in [1.29, 1.82) is 0 Å². The molecule has 1 aliphatic carbocycles. The Labute approximate surface area is 67.9 Å². The summed E-state index contributed by atoms with van der Waals surface area (Å²) in [7, 11) is 0. The van der Waals surface area contributed by atoms with Gasteiger partial charge < -0.3 is 9.84 Å². The standard InChI is InChI=1S/C9H16O2/c1-3-11-6-7(2)8-4-5-9(8)10/h8-10H,2-6H2,1H3. The predicted molar refractivity (Wildman–Crippen MR) is 44.4 cm³/mol. The largest absolute Gasteiger partial charge is 0.393 e. The van der Waals surface area contributed by atoms with Crippen molar-refractivity contribution in [3.05, 3.63) is 12.2 Å². The second kappa shape index (κ2) is 3.88. The summed E-state index contributed by atoms with van der Waals surface area (Å²) in [6.07, 6.45) is 1.85. The average Bonchev–Trinajstić information content (AvgIpc) is 1.98. The quantitative estimate of drug-likeness (QED) is 0.622. The molecule has 1 rings (SSSR count). The Hall–Kier alpha value is -0.340. The summed E-state index contributed by atoms with van der Waals surface area (Å²) in [6.45, 7) is 7.18. The van der Waals surface area contributed by atoms with Crippen molar-refractivity contribution in [2.24, 2.45) is 5.92 Å². The Bertz CT molecular complexity index is 142. The summed E-state index contributed by atoms with van der Waals surface area (Å²) in [5, 5.41) is 9.26. The van der Waals surface area contributed by atoms with Crippen molar-refractivity contribution < 1.29 is 9.84 Å². The third-order valence-corrected chi connectivity index (χ3v) is 2.25. The molecule has 0 aliphatic heterocycles. The van der Waals surface area contributed by atoms with E-state index in [4.69, 9.17) is 4.74 Å². The van der Waals surface area contributed by atoms with Crippen LogP contribution in [0.2, 0.25) is 0 Å². The van der Waals surface area contributed by atoms with Crippen molar-refractivity contribution in [1.82, 2.24) is 0 Å². The maximum Gasteiger partial charge on any atom is 0.0677 e. The molecule has 1 saturated carbocycles. The zero-order valence-electron chi connectivity index (χ0n) is 7.05. The fourth-order valence-corrected chi connectivity index (χ4v) is 1.30. The van der Waals surface area contributed by atoms with Gasteiger partial charge in [-0.05, 0) is 25.3 Å². The molecular formula is C9H16O2. The van der Waals surface area contributed by atoms with Crippen molar-refractivity contribution in [3.8, 4) is 0 Å². The number of aliphatic hydroxyl groups is 1. The first-order chi connectivity index (χ1) is 5.25. The van der Waals surface area contributed by atoms with Crippen LogP contribution >= 0.6 is 0 Å². The van der Waals surface area contributed by atoms with Gasteiger partial charge in [0.1, 0.15) is 0 Å². The van der Waals surface area contributed by atoms with Crippen molar-refractivity contribution in [3.63, 3.8) is 0 Å². The highest BCUT2D eigenvalue weighted by molar-refractivity contribution is 5.08. The van der Waals surface area contributed by atoms with Gasteiger partial charge in [-0.3, -0.25) is 0 Å². The summed E-state index contributed by atoms with van der Waals surface area (Å²) < 4.78 is 5.19. The topological polar surface area (TPSA) is 29.5 Å². The molecular weight excluding hydrogens is 140 g/mol. The minimum atomic E-state index is -0.150. The molecule has 1 N–H and O–H groups in total. The zero-order chi connectivity index (χ0) is 8.27. The van der Waals surface area contributed by atoms with Gasteiger partial charge in [-0.15, -0.1) is 0 Å². The Morgan fingerprint density at radius 2 is 2.36 bits per heavy atom. The minimum absolute atomic E-state index is 0.150.